The molecule has 2 rings (SSSR count). The first-order chi connectivity index (χ1) is 9.74. The molecular formula is C16H22ClN3. The van der Waals surface area contributed by atoms with Crippen LogP contribution in [-0.4, -0.2) is 16.3 Å². The number of hydrogen-bond donors (Lipinski definition) is 1. The highest BCUT2D eigenvalue weighted by Crippen LogP contribution is 2.20. The normalized spacial score (nSPS) is 12.6. The van der Waals surface area contributed by atoms with E-state index in [4.69, 9.17) is 11.6 Å². The number of rotatable bonds is 7. The second-order valence-corrected chi connectivity index (χ2v) is 5.35. The van der Waals surface area contributed by atoms with Gasteiger partial charge in [-0.3, -0.25) is 4.68 Å². The molecular weight excluding hydrogens is 270 g/mol. The van der Waals surface area contributed by atoms with E-state index in [1.807, 2.05) is 24.4 Å². The summed E-state index contributed by atoms with van der Waals surface area (Å²) >= 11 is 6.08. The number of aryl methyl sites for hydroxylation is 1. The van der Waals surface area contributed by atoms with Crippen LogP contribution < -0.4 is 5.32 Å². The quantitative estimate of drug-likeness (QED) is 0.840. The minimum absolute atomic E-state index is 0.274. The molecule has 4 heteroatoms. The topological polar surface area (TPSA) is 29.9 Å². The molecule has 0 saturated carbocycles. The Bertz CT molecular complexity index is 536. The van der Waals surface area contributed by atoms with Gasteiger partial charge >= 0.3 is 0 Å². The summed E-state index contributed by atoms with van der Waals surface area (Å²) in [5, 5.41) is 8.78. The number of benzene rings is 1. The van der Waals surface area contributed by atoms with Crippen molar-refractivity contribution in [3.63, 3.8) is 0 Å². The van der Waals surface area contributed by atoms with Crippen molar-refractivity contribution < 1.29 is 0 Å². The van der Waals surface area contributed by atoms with Crippen LogP contribution in [0.4, 0.5) is 0 Å². The molecule has 108 valence electrons. The summed E-state index contributed by atoms with van der Waals surface area (Å²) in [6.45, 7) is 6.19. The molecule has 1 atom stereocenters. The third kappa shape index (κ3) is 3.84. The minimum Gasteiger partial charge on any atom is -0.308 e. The van der Waals surface area contributed by atoms with Gasteiger partial charge in [-0.15, -0.1) is 0 Å². The Morgan fingerprint density at radius 2 is 2.15 bits per heavy atom. The molecule has 0 radical (unpaired) electrons. The maximum Gasteiger partial charge on any atom is 0.0556 e. The fraction of sp³-hybridized carbons (Fsp3) is 0.438. The SMILES string of the molecule is CCCNC(Cc1cccc(Cl)c1)c1ccnn1CC. The lowest BCUT2D eigenvalue weighted by Crippen LogP contribution is -2.26. The number of aromatic nitrogens is 2. The van der Waals surface area contributed by atoms with Crippen LogP contribution in [0.15, 0.2) is 36.5 Å². The van der Waals surface area contributed by atoms with Gasteiger partial charge in [0.25, 0.3) is 0 Å². The van der Waals surface area contributed by atoms with Gasteiger partial charge in [-0.2, -0.15) is 5.10 Å². The van der Waals surface area contributed by atoms with Crippen LogP contribution in [0.3, 0.4) is 0 Å². The summed E-state index contributed by atoms with van der Waals surface area (Å²) in [5.41, 5.74) is 2.48. The molecule has 1 unspecified atom stereocenters. The third-order valence-electron chi connectivity index (χ3n) is 3.38. The highest BCUT2D eigenvalue weighted by molar-refractivity contribution is 6.30. The molecule has 0 amide bonds. The average molecular weight is 292 g/mol. The van der Waals surface area contributed by atoms with Crippen LogP contribution in [0, 0.1) is 0 Å². The predicted octanol–water partition coefficient (Wildman–Crippen LogP) is 3.84. The van der Waals surface area contributed by atoms with Crippen molar-refractivity contribution in [2.24, 2.45) is 0 Å². The van der Waals surface area contributed by atoms with Crippen LogP contribution in [0.25, 0.3) is 0 Å². The molecule has 2 aromatic rings. The molecule has 1 heterocycles. The first kappa shape index (κ1) is 15.1. The Kier molecular flexibility index (Phi) is 5.62. The molecule has 0 spiro atoms. The van der Waals surface area contributed by atoms with Crippen LogP contribution >= 0.6 is 11.6 Å². The lowest BCUT2D eigenvalue weighted by Gasteiger charge is -2.20. The smallest absolute Gasteiger partial charge is 0.0556 e. The zero-order valence-corrected chi connectivity index (χ0v) is 12.9. The number of halogens is 1. The van der Waals surface area contributed by atoms with Gasteiger partial charge in [0.05, 0.1) is 11.7 Å². The standard InChI is InChI=1S/C16H22ClN3/c1-3-9-18-15(16-8-10-19-20(16)4-2)12-13-6-5-7-14(17)11-13/h5-8,10-11,15,18H,3-4,9,12H2,1-2H3. The van der Waals surface area contributed by atoms with Crippen LogP contribution in [0.2, 0.25) is 5.02 Å². The first-order valence-electron chi connectivity index (χ1n) is 7.24. The molecule has 1 N–H and O–H groups in total. The van der Waals surface area contributed by atoms with Gasteiger partial charge < -0.3 is 5.32 Å². The molecule has 3 nitrogen and oxygen atoms in total. The summed E-state index contributed by atoms with van der Waals surface area (Å²) in [6, 6.07) is 10.5. The van der Waals surface area contributed by atoms with Crippen molar-refractivity contribution in [1.82, 2.24) is 15.1 Å². The molecule has 0 fully saturated rings. The molecule has 1 aromatic carbocycles. The predicted molar refractivity (Wildman–Crippen MR) is 84.1 cm³/mol. The van der Waals surface area contributed by atoms with E-state index >= 15 is 0 Å². The second kappa shape index (κ2) is 7.46. The van der Waals surface area contributed by atoms with E-state index in [9.17, 15) is 0 Å². The highest BCUT2D eigenvalue weighted by atomic mass is 35.5. The second-order valence-electron chi connectivity index (χ2n) is 4.91. The van der Waals surface area contributed by atoms with Gasteiger partial charge in [-0.1, -0.05) is 30.7 Å². The van der Waals surface area contributed by atoms with Crippen LogP contribution in [0.5, 0.6) is 0 Å². The molecule has 0 saturated heterocycles. The lowest BCUT2D eigenvalue weighted by molar-refractivity contribution is 0.479. The van der Waals surface area contributed by atoms with Crippen molar-refractivity contribution in [2.45, 2.75) is 39.3 Å². The van der Waals surface area contributed by atoms with Crippen molar-refractivity contribution in [1.29, 1.82) is 0 Å². The van der Waals surface area contributed by atoms with Crippen LogP contribution in [-0.2, 0) is 13.0 Å². The van der Waals surface area contributed by atoms with Crippen molar-refractivity contribution >= 4 is 11.6 Å². The Labute approximate surface area is 126 Å². The molecule has 1 aromatic heterocycles. The minimum atomic E-state index is 0.274. The molecule has 0 bridgehead atoms. The van der Waals surface area contributed by atoms with E-state index in [1.165, 1.54) is 11.3 Å². The highest BCUT2D eigenvalue weighted by Gasteiger charge is 2.15. The Hall–Kier alpha value is -1.32. The van der Waals surface area contributed by atoms with Crippen molar-refractivity contribution in [3.8, 4) is 0 Å². The molecule has 0 aliphatic heterocycles. The number of hydrogen-bond acceptors (Lipinski definition) is 2. The van der Waals surface area contributed by atoms with E-state index < -0.39 is 0 Å². The van der Waals surface area contributed by atoms with E-state index in [2.05, 4.69) is 41.1 Å². The van der Waals surface area contributed by atoms with E-state index in [-0.39, 0.29) is 6.04 Å². The zero-order chi connectivity index (χ0) is 14.4. The number of nitrogens with one attached hydrogen (secondary N) is 1. The summed E-state index contributed by atoms with van der Waals surface area (Å²) in [5.74, 6) is 0. The van der Waals surface area contributed by atoms with E-state index in [1.54, 1.807) is 0 Å². The average Bonchev–Trinajstić information content (AvgIpc) is 2.92. The largest absolute Gasteiger partial charge is 0.308 e. The fourth-order valence-corrected chi connectivity index (χ4v) is 2.62. The Morgan fingerprint density at radius 1 is 1.30 bits per heavy atom. The summed E-state index contributed by atoms with van der Waals surface area (Å²) in [7, 11) is 0. The summed E-state index contributed by atoms with van der Waals surface area (Å²) < 4.78 is 2.05. The van der Waals surface area contributed by atoms with Crippen LogP contribution in [0.1, 0.15) is 37.6 Å². The third-order valence-corrected chi connectivity index (χ3v) is 3.61. The molecule has 20 heavy (non-hydrogen) atoms. The van der Waals surface area contributed by atoms with Gasteiger partial charge in [0.1, 0.15) is 0 Å². The van der Waals surface area contributed by atoms with Gasteiger partial charge in [-0.05, 0) is 50.1 Å². The van der Waals surface area contributed by atoms with Gasteiger partial charge in [0.2, 0.25) is 0 Å². The summed E-state index contributed by atoms with van der Waals surface area (Å²) in [4.78, 5) is 0. The Morgan fingerprint density at radius 3 is 2.85 bits per heavy atom. The maximum absolute atomic E-state index is 6.08. The lowest BCUT2D eigenvalue weighted by atomic mass is 10.0. The summed E-state index contributed by atoms with van der Waals surface area (Å²) in [6.07, 6.45) is 3.91. The van der Waals surface area contributed by atoms with Gasteiger partial charge in [0.15, 0.2) is 0 Å². The van der Waals surface area contributed by atoms with E-state index in [0.29, 0.717) is 0 Å². The van der Waals surface area contributed by atoms with Gasteiger partial charge in [-0.25, -0.2) is 0 Å². The zero-order valence-electron chi connectivity index (χ0n) is 12.1. The first-order valence-corrected chi connectivity index (χ1v) is 7.62. The number of nitrogens with zero attached hydrogens (tertiary/aromatic N) is 2. The molecule has 0 aliphatic carbocycles. The molecule has 0 aliphatic rings. The van der Waals surface area contributed by atoms with Crippen molar-refractivity contribution in [3.05, 3.63) is 52.8 Å². The monoisotopic (exact) mass is 291 g/mol. The van der Waals surface area contributed by atoms with Crippen molar-refractivity contribution in [2.75, 3.05) is 6.54 Å². The Balaban J connectivity index is 2.19. The van der Waals surface area contributed by atoms with E-state index in [0.717, 1.165) is 31.0 Å². The fourth-order valence-electron chi connectivity index (χ4n) is 2.40. The maximum atomic E-state index is 6.08. The van der Waals surface area contributed by atoms with Gasteiger partial charge in [0, 0.05) is 17.8 Å².